The van der Waals surface area contributed by atoms with Gasteiger partial charge in [-0.25, -0.2) is 0 Å². The van der Waals surface area contributed by atoms with Gasteiger partial charge in [0.1, 0.15) is 5.75 Å². The third-order valence-corrected chi connectivity index (χ3v) is 3.97. The Labute approximate surface area is 115 Å². The largest absolute Gasteiger partial charge is 0.508 e. The van der Waals surface area contributed by atoms with E-state index < -0.39 is 17.8 Å². The number of aromatic hydroxyl groups is 1. The highest BCUT2D eigenvalue weighted by atomic mass is 16.5. The Morgan fingerprint density at radius 3 is 2.55 bits per heavy atom. The third kappa shape index (κ3) is 2.12. The molecule has 0 radical (unpaired) electrons. The summed E-state index contributed by atoms with van der Waals surface area (Å²) in [5, 5.41) is 21.3. The smallest absolute Gasteiger partial charge is 0.310 e. The number of fused-ring (bicyclic) bond motifs is 2. The molecule has 0 aromatic heterocycles. The van der Waals surface area contributed by atoms with Crippen LogP contribution in [0.3, 0.4) is 0 Å². The van der Waals surface area contributed by atoms with Gasteiger partial charge in [0.05, 0.1) is 24.0 Å². The summed E-state index contributed by atoms with van der Waals surface area (Å²) in [5.74, 6) is -2.77. The Balaban J connectivity index is 1.78. The molecule has 0 unspecified atom stereocenters. The lowest BCUT2D eigenvalue weighted by Gasteiger charge is -2.23. The Morgan fingerprint density at radius 1 is 1.20 bits per heavy atom. The molecule has 0 saturated carbocycles. The van der Waals surface area contributed by atoms with E-state index in [1.165, 1.54) is 12.1 Å². The van der Waals surface area contributed by atoms with Gasteiger partial charge in [-0.2, -0.15) is 0 Å². The molecule has 3 rings (SSSR count). The summed E-state index contributed by atoms with van der Waals surface area (Å²) in [6, 6.07) is 6.16. The van der Waals surface area contributed by atoms with E-state index in [2.05, 4.69) is 5.32 Å². The number of amides is 1. The first-order chi connectivity index (χ1) is 9.56. The number of rotatable bonds is 3. The van der Waals surface area contributed by atoms with E-state index in [0.717, 1.165) is 0 Å². The second-order valence-corrected chi connectivity index (χ2v) is 5.22. The topological polar surface area (TPSA) is 95.9 Å². The maximum atomic E-state index is 12.3. The number of hydrogen-bond donors (Lipinski definition) is 3. The fourth-order valence-electron chi connectivity index (χ4n) is 3.13. The zero-order valence-electron chi connectivity index (χ0n) is 10.7. The Bertz CT molecular complexity index is 558. The van der Waals surface area contributed by atoms with Gasteiger partial charge in [-0.3, -0.25) is 9.59 Å². The van der Waals surface area contributed by atoms with Gasteiger partial charge in [-0.15, -0.1) is 0 Å². The summed E-state index contributed by atoms with van der Waals surface area (Å²) in [6.07, 6.45) is 0.722. The monoisotopic (exact) mass is 277 g/mol. The van der Waals surface area contributed by atoms with Crippen LogP contribution in [0, 0.1) is 11.8 Å². The predicted octanol–water partition coefficient (Wildman–Crippen LogP) is 1.21. The molecule has 4 atom stereocenters. The zero-order valence-corrected chi connectivity index (χ0v) is 10.7. The van der Waals surface area contributed by atoms with Crippen LogP contribution in [0.1, 0.15) is 12.8 Å². The Kier molecular flexibility index (Phi) is 3.10. The van der Waals surface area contributed by atoms with Crippen molar-refractivity contribution in [2.75, 3.05) is 5.32 Å². The van der Waals surface area contributed by atoms with Crippen molar-refractivity contribution >= 4 is 17.6 Å². The summed E-state index contributed by atoms with van der Waals surface area (Å²) >= 11 is 0. The number of phenolic OH excluding ortho intramolecular Hbond substituents is 1. The molecule has 0 aliphatic carbocycles. The highest BCUT2D eigenvalue weighted by molar-refractivity contribution is 5.96. The van der Waals surface area contributed by atoms with Crippen molar-refractivity contribution in [3.05, 3.63) is 24.3 Å². The first kappa shape index (κ1) is 12.9. The van der Waals surface area contributed by atoms with Gasteiger partial charge in [-0.1, -0.05) is 6.07 Å². The number of carbonyl (C=O) groups excluding carboxylic acids is 1. The molecule has 2 aliphatic rings. The molecule has 1 amide bonds. The molecule has 20 heavy (non-hydrogen) atoms. The minimum Gasteiger partial charge on any atom is -0.508 e. The lowest BCUT2D eigenvalue weighted by molar-refractivity contribution is -0.147. The lowest BCUT2D eigenvalue weighted by Crippen LogP contribution is -2.40. The standard InChI is InChI=1S/C14H15NO5/c16-8-3-1-2-7(6-8)15-13(17)11-9-4-5-10(20-9)12(11)14(18)19/h1-3,6,9-12,16H,4-5H2,(H,15,17)(H,18,19)/t9-,10+,11+,12-/m1/s1. The van der Waals surface area contributed by atoms with Crippen LogP contribution < -0.4 is 5.32 Å². The number of aliphatic carboxylic acids is 1. The average molecular weight is 277 g/mol. The minimum absolute atomic E-state index is 0.0433. The van der Waals surface area contributed by atoms with Gasteiger partial charge >= 0.3 is 5.97 Å². The highest BCUT2D eigenvalue weighted by Crippen LogP contribution is 2.44. The molecule has 2 aliphatic heterocycles. The molecular formula is C14H15NO5. The van der Waals surface area contributed by atoms with Gasteiger partial charge in [-0.05, 0) is 25.0 Å². The number of ether oxygens (including phenoxy) is 1. The van der Waals surface area contributed by atoms with Gasteiger partial charge in [0.25, 0.3) is 0 Å². The summed E-state index contributed by atoms with van der Waals surface area (Å²) in [7, 11) is 0. The molecule has 1 aromatic rings. The first-order valence-electron chi connectivity index (χ1n) is 6.54. The van der Waals surface area contributed by atoms with E-state index in [-0.39, 0.29) is 23.9 Å². The number of anilines is 1. The normalized spacial score (nSPS) is 31.2. The van der Waals surface area contributed by atoms with Gasteiger partial charge < -0.3 is 20.3 Å². The van der Waals surface area contributed by atoms with Crippen molar-refractivity contribution in [3.8, 4) is 5.75 Å². The number of phenols is 1. The van der Waals surface area contributed by atoms with E-state index in [9.17, 15) is 19.8 Å². The van der Waals surface area contributed by atoms with Crippen LogP contribution in [0.4, 0.5) is 5.69 Å². The Hall–Kier alpha value is -2.08. The maximum absolute atomic E-state index is 12.3. The van der Waals surface area contributed by atoms with Crippen molar-refractivity contribution in [2.45, 2.75) is 25.0 Å². The second-order valence-electron chi connectivity index (χ2n) is 5.22. The zero-order chi connectivity index (χ0) is 14.3. The number of carboxylic acid groups (broad SMARTS) is 1. The van der Waals surface area contributed by atoms with E-state index in [0.29, 0.717) is 18.5 Å². The molecule has 2 fully saturated rings. The predicted molar refractivity (Wildman–Crippen MR) is 69.2 cm³/mol. The van der Waals surface area contributed by atoms with E-state index >= 15 is 0 Å². The SMILES string of the molecule is O=C(Nc1cccc(O)c1)[C@@H]1[C@H](C(=O)O)[C@@H]2CC[C@H]1O2. The lowest BCUT2D eigenvalue weighted by atomic mass is 9.78. The van der Waals surface area contributed by atoms with Crippen LogP contribution in [0.25, 0.3) is 0 Å². The summed E-state index contributed by atoms with van der Waals surface area (Å²) in [6.45, 7) is 0. The van der Waals surface area contributed by atoms with E-state index in [4.69, 9.17) is 4.74 Å². The molecule has 1 aromatic carbocycles. The van der Waals surface area contributed by atoms with Gasteiger partial charge in [0, 0.05) is 11.8 Å². The molecule has 2 saturated heterocycles. The van der Waals surface area contributed by atoms with Crippen molar-refractivity contribution in [1.82, 2.24) is 0 Å². The molecule has 3 N–H and O–H groups in total. The van der Waals surface area contributed by atoms with Crippen LogP contribution in [0.5, 0.6) is 5.75 Å². The Morgan fingerprint density at radius 2 is 1.90 bits per heavy atom. The fourth-order valence-corrected chi connectivity index (χ4v) is 3.13. The van der Waals surface area contributed by atoms with Crippen molar-refractivity contribution < 1.29 is 24.5 Å². The summed E-state index contributed by atoms with van der Waals surface area (Å²) < 4.78 is 5.55. The molecule has 2 bridgehead atoms. The highest BCUT2D eigenvalue weighted by Gasteiger charge is 2.55. The minimum atomic E-state index is -0.992. The van der Waals surface area contributed by atoms with Crippen LogP contribution in [0.2, 0.25) is 0 Å². The van der Waals surface area contributed by atoms with Crippen molar-refractivity contribution in [1.29, 1.82) is 0 Å². The molecule has 2 heterocycles. The number of carboxylic acids is 1. The molecular weight excluding hydrogens is 262 g/mol. The molecule has 6 heteroatoms. The summed E-state index contributed by atoms with van der Waals surface area (Å²) in [5.41, 5.74) is 0.446. The van der Waals surface area contributed by atoms with E-state index in [1.54, 1.807) is 12.1 Å². The first-order valence-corrected chi connectivity index (χ1v) is 6.54. The van der Waals surface area contributed by atoms with Crippen LogP contribution in [-0.4, -0.2) is 34.3 Å². The van der Waals surface area contributed by atoms with Crippen LogP contribution >= 0.6 is 0 Å². The fraction of sp³-hybridized carbons (Fsp3) is 0.429. The second kappa shape index (κ2) is 4.79. The third-order valence-electron chi connectivity index (χ3n) is 3.97. The number of nitrogens with one attached hydrogen (secondary N) is 1. The quantitative estimate of drug-likeness (QED) is 0.771. The molecule has 6 nitrogen and oxygen atoms in total. The van der Waals surface area contributed by atoms with Crippen molar-refractivity contribution in [3.63, 3.8) is 0 Å². The van der Waals surface area contributed by atoms with Crippen LogP contribution in [0.15, 0.2) is 24.3 Å². The van der Waals surface area contributed by atoms with Gasteiger partial charge in [0.2, 0.25) is 5.91 Å². The summed E-state index contributed by atoms with van der Waals surface area (Å²) in [4.78, 5) is 23.6. The average Bonchev–Trinajstić information content (AvgIpc) is 2.98. The van der Waals surface area contributed by atoms with Crippen molar-refractivity contribution in [2.24, 2.45) is 11.8 Å². The molecule has 0 spiro atoms. The number of carbonyl (C=O) groups is 2. The van der Waals surface area contributed by atoms with Crippen LogP contribution in [-0.2, 0) is 14.3 Å². The van der Waals surface area contributed by atoms with Gasteiger partial charge in [0.15, 0.2) is 0 Å². The molecule has 106 valence electrons. The van der Waals surface area contributed by atoms with E-state index in [1.807, 2.05) is 0 Å². The maximum Gasteiger partial charge on any atom is 0.310 e. The number of benzene rings is 1. The number of hydrogen-bond acceptors (Lipinski definition) is 4.